The number of benzene rings is 1. The van der Waals surface area contributed by atoms with Crippen molar-refractivity contribution < 1.29 is 4.79 Å². The van der Waals surface area contributed by atoms with E-state index in [2.05, 4.69) is 21.2 Å². The average molecular weight is 343 g/mol. The lowest BCUT2D eigenvalue weighted by atomic mass is 9.84. The highest BCUT2D eigenvalue weighted by atomic mass is 79.9. The van der Waals surface area contributed by atoms with Gasteiger partial charge in [0.1, 0.15) is 0 Å². The first-order valence-corrected chi connectivity index (χ1v) is 8.08. The largest absolute Gasteiger partial charge is 0.304 e. The van der Waals surface area contributed by atoms with Gasteiger partial charge in [-0.05, 0) is 53.2 Å². The number of carbonyl (C=O) groups is 1. The van der Waals surface area contributed by atoms with Gasteiger partial charge in [-0.2, -0.15) is 0 Å². The zero-order chi connectivity index (χ0) is 13.4. The molecular formula is C15H17BrClNO. The lowest BCUT2D eigenvalue weighted by Crippen LogP contribution is -2.37. The van der Waals surface area contributed by atoms with E-state index in [9.17, 15) is 4.79 Å². The zero-order valence-electron chi connectivity index (χ0n) is 10.7. The van der Waals surface area contributed by atoms with Crippen molar-refractivity contribution in [1.29, 1.82) is 0 Å². The first-order chi connectivity index (χ1) is 9.16. The second-order valence-corrected chi connectivity index (χ2v) is 6.83. The van der Waals surface area contributed by atoms with Crippen LogP contribution >= 0.6 is 27.5 Å². The van der Waals surface area contributed by atoms with E-state index < -0.39 is 0 Å². The summed E-state index contributed by atoms with van der Waals surface area (Å²) < 4.78 is 0.793. The molecule has 19 heavy (non-hydrogen) atoms. The van der Waals surface area contributed by atoms with Gasteiger partial charge in [0.05, 0.1) is 16.6 Å². The molecule has 1 saturated heterocycles. The molecule has 102 valence electrons. The van der Waals surface area contributed by atoms with Crippen molar-refractivity contribution in [2.45, 2.75) is 44.2 Å². The summed E-state index contributed by atoms with van der Waals surface area (Å²) in [6.07, 6.45) is 6.01. The molecule has 1 aliphatic heterocycles. The molecule has 3 rings (SSSR count). The summed E-state index contributed by atoms with van der Waals surface area (Å²) in [6.45, 7) is 0. The zero-order valence-corrected chi connectivity index (χ0v) is 13.0. The molecule has 0 amide bonds. The Morgan fingerprint density at radius 1 is 1.32 bits per heavy atom. The first kappa shape index (κ1) is 13.6. The molecule has 0 aromatic heterocycles. The Morgan fingerprint density at radius 2 is 2.11 bits per heavy atom. The third kappa shape index (κ3) is 2.61. The Bertz CT molecular complexity index is 471. The summed E-state index contributed by atoms with van der Waals surface area (Å²) in [5, 5.41) is 4.05. The van der Waals surface area contributed by atoms with E-state index in [1.54, 1.807) is 6.07 Å². The normalized spacial score (nSPS) is 30.1. The molecule has 1 heterocycles. The minimum atomic E-state index is -0.0655. The molecule has 4 heteroatoms. The number of rotatable bonds is 2. The minimum absolute atomic E-state index is 0.0655. The number of Topliss-reactive ketones (excluding diaryl/α,β-unsaturated/α-hetero) is 1. The van der Waals surface area contributed by atoms with Crippen molar-refractivity contribution in [3.8, 4) is 0 Å². The molecule has 3 atom stereocenters. The Morgan fingerprint density at radius 3 is 2.84 bits per heavy atom. The van der Waals surface area contributed by atoms with Crippen LogP contribution in [0, 0.1) is 5.92 Å². The van der Waals surface area contributed by atoms with Gasteiger partial charge in [0, 0.05) is 10.5 Å². The van der Waals surface area contributed by atoms with Gasteiger partial charge in [0.2, 0.25) is 0 Å². The first-order valence-electron chi connectivity index (χ1n) is 6.91. The third-order valence-corrected chi connectivity index (χ3v) is 5.36. The number of ketones is 1. The summed E-state index contributed by atoms with van der Waals surface area (Å²) in [5.41, 5.74) is 0.625. The Balaban J connectivity index is 1.81. The van der Waals surface area contributed by atoms with Crippen molar-refractivity contribution >= 4 is 33.3 Å². The molecule has 2 nitrogen and oxygen atoms in total. The van der Waals surface area contributed by atoms with Crippen LogP contribution in [0.1, 0.15) is 42.5 Å². The second-order valence-electron chi connectivity index (χ2n) is 5.57. The number of hydrogen-bond acceptors (Lipinski definition) is 2. The van der Waals surface area contributed by atoms with Crippen LogP contribution in [0.3, 0.4) is 0 Å². The summed E-state index contributed by atoms with van der Waals surface area (Å²) in [7, 11) is 0. The van der Waals surface area contributed by atoms with Crippen LogP contribution in [0.5, 0.6) is 0 Å². The van der Waals surface area contributed by atoms with Gasteiger partial charge in [-0.3, -0.25) is 4.79 Å². The summed E-state index contributed by atoms with van der Waals surface area (Å²) in [4.78, 5) is 12.7. The molecule has 3 unspecified atom stereocenters. The van der Waals surface area contributed by atoms with Crippen molar-refractivity contribution in [3.63, 3.8) is 0 Å². The van der Waals surface area contributed by atoms with E-state index in [0.29, 0.717) is 22.5 Å². The van der Waals surface area contributed by atoms with Gasteiger partial charge in [0.25, 0.3) is 0 Å². The van der Waals surface area contributed by atoms with Crippen molar-refractivity contribution in [1.82, 2.24) is 5.32 Å². The molecule has 1 aromatic carbocycles. The lowest BCUT2D eigenvalue weighted by molar-refractivity contribution is 0.0948. The molecular weight excluding hydrogens is 326 g/mol. The molecule has 0 bridgehead atoms. The van der Waals surface area contributed by atoms with Crippen LogP contribution in [0.2, 0.25) is 5.02 Å². The van der Waals surface area contributed by atoms with Crippen LogP contribution in [0.4, 0.5) is 0 Å². The fourth-order valence-corrected chi connectivity index (χ4v) is 4.37. The van der Waals surface area contributed by atoms with E-state index >= 15 is 0 Å². The second kappa shape index (κ2) is 5.55. The Hall–Kier alpha value is -0.380. The van der Waals surface area contributed by atoms with Crippen molar-refractivity contribution in [3.05, 3.63) is 33.3 Å². The van der Waals surface area contributed by atoms with Gasteiger partial charge in [-0.25, -0.2) is 0 Å². The molecule has 1 N–H and O–H groups in total. The average Bonchev–Trinajstić information content (AvgIpc) is 2.82. The smallest absolute Gasteiger partial charge is 0.182 e. The molecule has 1 aromatic rings. The quantitative estimate of drug-likeness (QED) is 0.816. The van der Waals surface area contributed by atoms with Crippen LogP contribution in [-0.4, -0.2) is 17.9 Å². The molecule has 1 aliphatic carbocycles. The number of carbonyl (C=O) groups excluding carboxylic acids is 1. The Labute approximate surface area is 127 Å². The van der Waals surface area contributed by atoms with Gasteiger partial charge in [0.15, 0.2) is 5.78 Å². The molecule has 0 radical (unpaired) electrons. The molecule has 2 fully saturated rings. The maximum Gasteiger partial charge on any atom is 0.182 e. The van der Waals surface area contributed by atoms with E-state index in [1.165, 1.54) is 25.7 Å². The summed E-state index contributed by atoms with van der Waals surface area (Å²) >= 11 is 9.62. The number of nitrogens with one attached hydrogen (secondary N) is 1. The molecule has 2 aliphatic rings. The topological polar surface area (TPSA) is 29.1 Å². The van der Waals surface area contributed by atoms with E-state index in [4.69, 9.17) is 11.6 Å². The van der Waals surface area contributed by atoms with E-state index in [0.717, 1.165) is 10.9 Å². The lowest BCUT2D eigenvalue weighted by Gasteiger charge is -2.24. The molecule has 1 saturated carbocycles. The fourth-order valence-electron chi connectivity index (χ4n) is 3.43. The standard InChI is InChI=1S/C15H17BrClNO/c16-10-5-3-6-11(17)14(10)15(19)13-8-9-4-1-2-7-12(9)18-13/h3,5-6,9,12-13,18H,1-2,4,7-8H2. The maximum atomic E-state index is 12.7. The van der Waals surface area contributed by atoms with E-state index in [-0.39, 0.29) is 11.8 Å². The van der Waals surface area contributed by atoms with E-state index in [1.807, 2.05) is 12.1 Å². The predicted octanol–water partition coefficient (Wildman–Crippen LogP) is 4.21. The highest BCUT2D eigenvalue weighted by Gasteiger charge is 2.39. The Kier molecular flexibility index (Phi) is 3.97. The van der Waals surface area contributed by atoms with Crippen LogP contribution in [0.15, 0.2) is 22.7 Å². The monoisotopic (exact) mass is 341 g/mol. The van der Waals surface area contributed by atoms with Gasteiger partial charge < -0.3 is 5.32 Å². The van der Waals surface area contributed by atoms with Gasteiger partial charge in [-0.15, -0.1) is 0 Å². The minimum Gasteiger partial charge on any atom is -0.304 e. The van der Waals surface area contributed by atoms with Gasteiger partial charge >= 0.3 is 0 Å². The van der Waals surface area contributed by atoms with Crippen molar-refractivity contribution in [2.75, 3.05) is 0 Å². The SMILES string of the molecule is O=C(c1c(Cl)cccc1Br)C1CC2CCCCC2N1. The maximum absolute atomic E-state index is 12.7. The highest BCUT2D eigenvalue weighted by molar-refractivity contribution is 9.10. The predicted molar refractivity (Wildman–Crippen MR) is 80.8 cm³/mol. The number of halogens is 2. The van der Waals surface area contributed by atoms with Crippen LogP contribution in [0.25, 0.3) is 0 Å². The highest BCUT2D eigenvalue weighted by Crippen LogP contribution is 2.35. The van der Waals surface area contributed by atoms with Crippen LogP contribution < -0.4 is 5.32 Å². The van der Waals surface area contributed by atoms with Gasteiger partial charge in [-0.1, -0.05) is 30.5 Å². The summed E-state index contributed by atoms with van der Waals surface area (Å²) in [5.74, 6) is 0.802. The molecule has 0 spiro atoms. The van der Waals surface area contributed by atoms with Crippen molar-refractivity contribution in [2.24, 2.45) is 5.92 Å². The van der Waals surface area contributed by atoms with Crippen LogP contribution in [-0.2, 0) is 0 Å². The number of fused-ring (bicyclic) bond motifs is 1. The third-order valence-electron chi connectivity index (χ3n) is 4.39. The summed E-state index contributed by atoms with van der Waals surface area (Å²) in [6, 6.07) is 5.97. The fraction of sp³-hybridized carbons (Fsp3) is 0.533. The number of hydrogen-bond donors (Lipinski definition) is 1.